The Balaban J connectivity index is 2.01. The predicted octanol–water partition coefficient (Wildman–Crippen LogP) is 1.39. The second-order valence-electron chi connectivity index (χ2n) is 4.34. The molecule has 1 heterocycles. The lowest BCUT2D eigenvalue weighted by molar-refractivity contribution is 0.414. The van der Waals surface area contributed by atoms with Crippen molar-refractivity contribution in [3.05, 3.63) is 29.3 Å². The Morgan fingerprint density at radius 2 is 2.24 bits per heavy atom. The SMILES string of the molecule is COc1cc(C)cc(CNC2=NCCN2C)c1. The van der Waals surface area contributed by atoms with Gasteiger partial charge in [0.15, 0.2) is 5.96 Å². The Kier molecular flexibility index (Phi) is 3.52. The molecule has 1 aliphatic heterocycles. The number of rotatable bonds is 3. The van der Waals surface area contributed by atoms with E-state index in [9.17, 15) is 0 Å². The number of nitrogens with zero attached hydrogens (tertiary/aromatic N) is 2. The molecule has 4 heteroatoms. The van der Waals surface area contributed by atoms with Crippen molar-refractivity contribution in [1.82, 2.24) is 10.2 Å². The lowest BCUT2D eigenvalue weighted by atomic mass is 10.1. The van der Waals surface area contributed by atoms with Crippen molar-refractivity contribution in [2.24, 2.45) is 4.99 Å². The van der Waals surface area contributed by atoms with Crippen LogP contribution in [0.15, 0.2) is 23.2 Å². The lowest BCUT2D eigenvalue weighted by Crippen LogP contribution is -2.35. The van der Waals surface area contributed by atoms with Gasteiger partial charge in [-0.15, -0.1) is 0 Å². The first-order valence-electron chi connectivity index (χ1n) is 5.83. The largest absolute Gasteiger partial charge is 0.497 e. The number of hydrogen-bond donors (Lipinski definition) is 1. The first kappa shape index (κ1) is 11.8. The molecule has 1 N–H and O–H groups in total. The van der Waals surface area contributed by atoms with Gasteiger partial charge in [0.2, 0.25) is 0 Å². The summed E-state index contributed by atoms with van der Waals surface area (Å²) in [5, 5.41) is 3.35. The number of aliphatic imine (C=N–C) groups is 1. The number of ether oxygens (including phenoxy) is 1. The molecule has 0 bridgehead atoms. The van der Waals surface area contributed by atoms with Crippen molar-refractivity contribution < 1.29 is 4.74 Å². The molecule has 17 heavy (non-hydrogen) atoms. The van der Waals surface area contributed by atoms with E-state index in [1.165, 1.54) is 11.1 Å². The summed E-state index contributed by atoms with van der Waals surface area (Å²) in [4.78, 5) is 6.53. The van der Waals surface area contributed by atoms with Crippen LogP contribution in [0, 0.1) is 6.92 Å². The maximum Gasteiger partial charge on any atom is 0.194 e. The number of hydrogen-bond acceptors (Lipinski definition) is 4. The van der Waals surface area contributed by atoms with E-state index >= 15 is 0 Å². The Morgan fingerprint density at radius 1 is 1.41 bits per heavy atom. The molecule has 1 aromatic carbocycles. The second kappa shape index (κ2) is 5.08. The standard InChI is InChI=1S/C13H19N3O/c1-10-6-11(8-12(7-10)17-3)9-15-13-14-4-5-16(13)2/h6-8H,4-5,9H2,1-3H3,(H,14,15). The number of benzene rings is 1. The van der Waals surface area contributed by atoms with E-state index in [2.05, 4.69) is 41.3 Å². The normalized spacial score (nSPS) is 14.8. The van der Waals surface area contributed by atoms with Gasteiger partial charge in [-0.1, -0.05) is 6.07 Å². The van der Waals surface area contributed by atoms with Gasteiger partial charge >= 0.3 is 0 Å². The zero-order valence-corrected chi connectivity index (χ0v) is 10.7. The summed E-state index contributed by atoms with van der Waals surface area (Å²) < 4.78 is 5.26. The monoisotopic (exact) mass is 233 g/mol. The molecular weight excluding hydrogens is 214 g/mol. The summed E-state index contributed by atoms with van der Waals surface area (Å²) in [6.07, 6.45) is 0. The Bertz CT molecular complexity index is 429. The average Bonchev–Trinajstić information content (AvgIpc) is 2.71. The molecule has 0 saturated carbocycles. The van der Waals surface area contributed by atoms with E-state index in [-0.39, 0.29) is 0 Å². The van der Waals surface area contributed by atoms with Crippen LogP contribution in [-0.2, 0) is 6.54 Å². The van der Waals surface area contributed by atoms with E-state index in [4.69, 9.17) is 4.74 Å². The minimum Gasteiger partial charge on any atom is -0.497 e. The van der Waals surface area contributed by atoms with Gasteiger partial charge in [-0.25, -0.2) is 0 Å². The van der Waals surface area contributed by atoms with Crippen molar-refractivity contribution in [3.8, 4) is 5.75 Å². The molecule has 0 saturated heterocycles. The highest BCUT2D eigenvalue weighted by Crippen LogP contribution is 2.16. The topological polar surface area (TPSA) is 36.9 Å². The summed E-state index contributed by atoms with van der Waals surface area (Å²) >= 11 is 0. The van der Waals surface area contributed by atoms with Crippen molar-refractivity contribution in [3.63, 3.8) is 0 Å². The van der Waals surface area contributed by atoms with Crippen LogP contribution in [0.25, 0.3) is 0 Å². The molecule has 0 radical (unpaired) electrons. The third-order valence-corrected chi connectivity index (χ3v) is 2.86. The van der Waals surface area contributed by atoms with Crippen LogP contribution in [0.5, 0.6) is 5.75 Å². The van der Waals surface area contributed by atoms with Gasteiger partial charge in [-0.3, -0.25) is 4.99 Å². The van der Waals surface area contributed by atoms with Gasteiger partial charge in [0, 0.05) is 20.1 Å². The van der Waals surface area contributed by atoms with Gasteiger partial charge in [-0.05, 0) is 30.2 Å². The molecule has 0 unspecified atom stereocenters. The Morgan fingerprint density at radius 3 is 2.88 bits per heavy atom. The summed E-state index contributed by atoms with van der Waals surface area (Å²) in [6, 6.07) is 6.24. The van der Waals surface area contributed by atoms with Crippen LogP contribution in [-0.4, -0.2) is 38.1 Å². The number of methoxy groups -OCH3 is 1. The van der Waals surface area contributed by atoms with E-state index in [0.29, 0.717) is 0 Å². The van der Waals surface area contributed by atoms with Crippen molar-refractivity contribution in [2.75, 3.05) is 27.2 Å². The maximum absolute atomic E-state index is 5.26. The molecule has 0 fully saturated rings. The zero-order chi connectivity index (χ0) is 12.3. The highest BCUT2D eigenvalue weighted by atomic mass is 16.5. The summed E-state index contributed by atoms with van der Waals surface area (Å²) in [5.41, 5.74) is 2.42. The summed E-state index contributed by atoms with van der Waals surface area (Å²) in [7, 11) is 3.75. The molecule has 0 atom stereocenters. The van der Waals surface area contributed by atoms with Crippen molar-refractivity contribution in [2.45, 2.75) is 13.5 Å². The molecule has 0 aromatic heterocycles. The molecule has 92 valence electrons. The van der Waals surface area contributed by atoms with Gasteiger partial charge < -0.3 is 15.0 Å². The molecule has 2 rings (SSSR count). The fourth-order valence-electron chi connectivity index (χ4n) is 1.95. The number of aryl methyl sites for hydroxylation is 1. The van der Waals surface area contributed by atoms with Crippen LogP contribution in [0.3, 0.4) is 0 Å². The molecule has 1 aliphatic rings. The maximum atomic E-state index is 5.26. The number of likely N-dealkylation sites (N-methyl/N-ethyl adjacent to an activating group) is 1. The third-order valence-electron chi connectivity index (χ3n) is 2.86. The molecule has 0 amide bonds. The van der Waals surface area contributed by atoms with Crippen LogP contribution in [0.4, 0.5) is 0 Å². The number of nitrogens with one attached hydrogen (secondary N) is 1. The molecule has 4 nitrogen and oxygen atoms in total. The van der Waals surface area contributed by atoms with Crippen molar-refractivity contribution in [1.29, 1.82) is 0 Å². The fraction of sp³-hybridized carbons (Fsp3) is 0.462. The van der Waals surface area contributed by atoms with Gasteiger partial charge in [0.05, 0.1) is 13.7 Å². The first-order valence-corrected chi connectivity index (χ1v) is 5.83. The highest BCUT2D eigenvalue weighted by molar-refractivity contribution is 5.81. The predicted molar refractivity (Wildman–Crippen MR) is 69.5 cm³/mol. The molecular formula is C13H19N3O. The average molecular weight is 233 g/mol. The van der Waals surface area contributed by atoms with E-state index in [1.54, 1.807) is 7.11 Å². The molecule has 0 spiro atoms. The molecule has 1 aromatic rings. The van der Waals surface area contributed by atoms with Gasteiger partial charge in [0.25, 0.3) is 0 Å². The van der Waals surface area contributed by atoms with Crippen LogP contribution in [0.1, 0.15) is 11.1 Å². The Hall–Kier alpha value is -1.71. The Labute approximate surface area is 102 Å². The smallest absolute Gasteiger partial charge is 0.194 e. The minimum atomic E-state index is 0.779. The van der Waals surface area contributed by atoms with E-state index < -0.39 is 0 Å². The third kappa shape index (κ3) is 2.90. The highest BCUT2D eigenvalue weighted by Gasteiger charge is 2.11. The van der Waals surface area contributed by atoms with Gasteiger partial charge in [0.1, 0.15) is 5.75 Å². The second-order valence-corrected chi connectivity index (χ2v) is 4.34. The summed E-state index contributed by atoms with van der Waals surface area (Å²) in [5.74, 6) is 1.88. The van der Waals surface area contributed by atoms with Crippen molar-refractivity contribution >= 4 is 5.96 Å². The quantitative estimate of drug-likeness (QED) is 0.857. The fourth-order valence-corrected chi connectivity index (χ4v) is 1.95. The zero-order valence-electron chi connectivity index (χ0n) is 10.7. The minimum absolute atomic E-state index is 0.779. The van der Waals surface area contributed by atoms with Crippen LogP contribution < -0.4 is 10.1 Å². The van der Waals surface area contributed by atoms with Gasteiger partial charge in [-0.2, -0.15) is 0 Å². The summed E-state index contributed by atoms with van der Waals surface area (Å²) in [6.45, 7) is 4.74. The van der Waals surface area contributed by atoms with Crippen LogP contribution in [0.2, 0.25) is 0 Å². The van der Waals surface area contributed by atoms with E-state index in [0.717, 1.165) is 31.3 Å². The number of guanidine groups is 1. The first-order chi connectivity index (χ1) is 8.19. The molecule has 0 aliphatic carbocycles. The van der Waals surface area contributed by atoms with E-state index in [1.807, 2.05) is 6.07 Å². The lowest BCUT2D eigenvalue weighted by Gasteiger charge is -2.15. The van der Waals surface area contributed by atoms with Crippen LogP contribution >= 0.6 is 0 Å².